The second-order valence-corrected chi connectivity index (χ2v) is 7.31. The normalized spacial score (nSPS) is 20.7. The Morgan fingerprint density at radius 3 is 2.62 bits per heavy atom. The molecule has 21 heavy (non-hydrogen) atoms. The van der Waals surface area contributed by atoms with Gasteiger partial charge in [-0.3, -0.25) is 0 Å². The van der Waals surface area contributed by atoms with Gasteiger partial charge in [-0.05, 0) is 26.4 Å². The van der Waals surface area contributed by atoms with E-state index in [1.54, 1.807) is 11.8 Å². The Bertz CT molecular complexity index is 353. The van der Waals surface area contributed by atoms with Gasteiger partial charge in [-0.15, -0.1) is 0 Å². The van der Waals surface area contributed by atoms with E-state index >= 15 is 0 Å². The molecule has 1 saturated heterocycles. The summed E-state index contributed by atoms with van der Waals surface area (Å²) in [7, 11) is 3.94. The molecule has 1 aliphatic heterocycles. The van der Waals surface area contributed by atoms with E-state index in [-0.39, 0.29) is 12.1 Å². The molecule has 2 N–H and O–H groups in total. The van der Waals surface area contributed by atoms with Gasteiger partial charge in [-0.25, -0.2) is 9.59 Å². The van der Waals surface area contributed by atoms with Crippen LogP contribution in [0.15, 0.2) is 0 Å². The van der Waals surface area contributed by atoms with Gasteiger partial charge in [0, 0.05) is 30.6 Å². The van der Waals surface area contributed by atoms with Crippen LogP contribution in [0.2, 0.25) is 0 Å². The molecule has 2 atom stereocenters. The largest absolute Gasteiger partial charge is 0.480 e. The van der Waals surface area contributed by atoms with Gasteiger partial charge in [0.15, 0.2) is 0 Å². The molecule has 1 heterocycles. The molecule has 0 aromatic heterocycles. The average molecular weight is 317 g/mol. The van der Waals surface area contributed by atoms with Crippen molar-refractivity contribution < 1.29 is 14.7 Å². The molecule has 0 saturated carbocycles. The predicted molar refractivity (Wildman–Crippen MR) is 85.8 cm³/mol. The van der Waals surface area contributed by atoms with Crippen LogP contribution in [0.25, 0.3) is 0 Å². The summed E-state index contributed by atoms with van der Waals surface area (Å²) in [4.78, 5) is 27.2. The Morgan fingerprint density at radius 1 is 1.43 bits per heavy atom. The van der Waals surface area contributed by atoms with Gasteiger partial charge in [-0.1, -0.05) is 13.8 Å². The van der Waals surface area contributed by atoms with Crippen molar-refractivity contribution in [2.45, 2.75) is 32.4 Å². The molecule has 122 valence electrons. The van der Waals surface area contributed by atoms with Crippen LogP contribution < -0.4 is 5.32 Å². The van der Waals surface area contributed by atoms with E-state index in [0.29, 0.717) is 18.2 Å². The number of carboxylic acids is 1. The molecular formula is C14H27N3O3S. The third-order valence-corrected chi connectivity index (χ3v) is 4.37. The minimum atomic E-state index is -0.926. The fourth-order valence-electron chi connectivity index (χ4n) is 2.50. The summed E-state index contributed by atoms with van der Waals surface area (Å²) in [6.07, 6.45) is 0.879. The number of amides is 2. The lowest BCUT2D eigenvalue weighted by Crippen LogP contribution is -2.56. The molecule has 0 bridgehead atoms. The molecule has 1 fully saturated rings. The first-order valence-electron chi connectivity index (χ1n) is 7.33. The molecule has 0 aliphatic carbocycles. The zero-order chi connectivity index (χ0) is 16.0. The highest BCUT2D eigenvalue weighted by Crippen LogP contribution is 2.17. The number of hydrogen-bond acceptors (Lipinski definition) is 4. The number of urea groups is 1. The molecule has 6 nitrogen and oxygen atoms in total. The van der Waals surface area contributed by atoms with Crippen LogP contribution >= 0.6 is 11.8 Å². The summed E-state index contributed by atoms with van der Waals surface area (Å²) in [6, 6.07) is -0.936. The second kappa shape index (κ2) is 8.48. The van der Waals surface area contributed by atoms with Crippen molar-refractivity contribution in [3.63, 3.8) is 0 Å². The molecule has 1 aliphatic rings. The quantitative estimate of drug-likeness (QED) is 0.769. The monoisotopic (exact) mass is 317 g/mol. The maximum absolute atomic E-state index is 12.4. The van der Waals surface area contributed by atoms with Crippen molar-refractivity contribution >= 4 is 23.8 Å². The first-order valence-corrected chi connectivity index (χ1v) is 8.49. The zero-order valence-electron chi connectivity index (χ0n) is 13.3. The summed E-state index contributed by atoms with van der Waals surface area (Å²) >= 11 is 1.58. The maximum Gasteiger partial charge on any atom is 0.327 e. The van der Waals surface area contributed by atoms with Crippen LogP contribution in [0.3, 0.4) is 0 Å². The van der Waals surface area contributed by atoms with E-state index in [1.807, 2.05) is 19.0 Å². The maximum atomic E-state index is 12.4. The number of nitrogens with zero attached hydrogens (tertiary/aromatic N) is 2. The third-order valence-electron chi connectivity index (χ3n) is 3.34. The number of nitrogens with one attached hydrogen (secondary N) is 1. The van der Waals surface area contributed by atoms with Crippen LogP contribution in [-0.2, 0) is 4.79 Å². The van der Waals surface area contributed by atoms with Gasteiger partial charge in [0.1, 0.15) is 6.04 Å². The number of carbonyl (C=O) groups excluding carboxylic acids is 1. The summed E-state index contributed by atoms with van der Waals surface area (Å²) in [5.74, 6) is 0.804. The standard InChI is InChI=1S/C14H27N3O3S/c1-10(2)7-11(8-16(3)4)15-14(20)17-5-6-21-9-12(17)13(18)19/h10-12H,5-9H2,1-4H3,(H,15,20)(H,18,19). The lowest BCUT2D eigenvalue weighted by atomic mass is 10.0. The van der Waals surface area contributed by atoms with Crippen LogP contribution in [0, 0.1) is 5.92 Å². The fourth-order valence-corrected chi connectivity index (χ4v) is 3.54. The Kier molecular flexibility index (Phi) is 7.31. The summed E-state index contributed by atoms with van der Waals surface area (Å²) in [5.41, 5.74) is 0. The Balaban J connectivity index is 2.67. The van der Waals surface area contributed by atoms with E-state index in [9.17, 15) is 14.7 Å². The van der Waals surface area contributed by atoms with Crippen molar-refractivity contribution in [3.8, 4) is 0 Å². The molecular weight excluding hydrogens is 290 g/mol. The van der Waals surface area contributed by atoms with Gasteiger partial charge in [0.05, 0.1) is 0 Å². The minimum absolute atomic E-state index is 0.0384. The van der Waals surface area contributed by atoms with Crippen molar-refractivity contribution in [1.82, 2.24) is 15.1 Å². The molecule has 0 radical (unpaired) electrons. The topological polar surface area (TPSA) is 72.9 Å². The predicted octanol–water partition coefficient (Wildman–Crippen LogP) is 1.17. The summed E-state index contributed by atoms with van der Waals surface area (Å²) in [6.45, 7) is 5.48. The van der Waals surface area contributed by atoms with Gasteiger partial charge >= 0.3 is 12.0 Å². The van der Waals surface area contributed by atoms with Gasteiger partial charge < -0.3 is 20.2 Å². The molecule has 1 rings (SSSR count). The Labute approximate surface area is 131 Å². The minimum Gasteiger partial charge on any atom is -0.480 e. The van der Waals surface area contributed by atoms with E-state index in [0.717, 1.165) is 18.7 Å². The Morgan fingerprint density at radius 2 is 2.10 bits per heavy atom. The highest BCUT2D eigenvalue weighted by Gasteiger charge is 2.33. The number of aliphatic carboxylic acids is 1. The van der Waals surface area contributed by atoms with Crippen molar-refractivity contribution in [1.29, 1.82) is 0 Å². The highest BCUT2D eigenvalue weighted by atomic mass is 32.2. The van der Waals surface area contributed by atoms with E-state index in [1.165, 1.54) is 4.90 Å². The SMILES string of the molecule is CC(C)CC(CN(C)C)NC(=O)N1CCSCC1C(=O)O. The number of carbonyl (C=O) groups is 2. The second-order valence-electron chi connectivity index (χ2n) is 6.16. The smallest absolute Gasteiger partial charge is 0.327 e. The summed E-state index contributed by atoms with van der Waals surface area (Å²) in [5, 5.41) is 12.2. The van der Waals surface area contributed by atoms with Crippen LogP contribution in [0.5, 0.6) is 0 Å². The lowest BCUT2D eigenvalue weighted by Gasteiger charge is -2.34. The van der Waals surface area contributed by atoms with Gasteiger partial charge in [0.2, 0.25) is 0 Å². The van der Waals surface area contributed by atoms with Crippen molar-refractivity contribution in [3.05, 3.63) is 0 Å². The number of hydrogen-bond donors (Lipinski definition) is 2. The average Bonchev–Trinajstić information content (AvgIpc) is 2.36. The Hall–Kier alpha value is -0.950. The molecule has 0 aromatic rings. The molecule has 0 aromatic carbocycles. The number of thioether (sulfide) groups is 1. The fraction of sp³-hybridized carbons (Fsp3) is 0.857. The van der Waals surface area contributed by atoms with E-state index in [4.69, 9.17) is 0 Å². The molecule has 2 unspecified atom stereocenters. The van der Waals surface area contributed by atoms with E-state index in [2.05, 4.69) is 19.2 Å². The van der Waals surface area contributed by atoms with Gasteiger partial charge in [0.25, 0.3) is 0 Å². The first kappa shape index (κ1) is 18.1. The van der Waals surface area contributed by atoms with E-state index < -0.39 is 12.0 Å². The highest BCUT2D eigenvalue weighted by molar-refractivity contribution is 7.99. The molecule has 0 spiro atoms. The van der Waals surface area contributed by atoms with Crippen LogP contribution in [0.4, 0.5) is 4.79 Å². The number of likely N-dealkylation sites (N-methyl/N-ethyl adjacent to an activating group) is 1. The number of carboxylic acid groups (broad SMARTS) is 1. The first-order chi connectivity index (χ1) is 9.81. The van der Waals surface area contributed by atoms with Gasteiger partial charge in [-0.2, -0.15) is 11.8 Å². The number of rotatable bonds is 6. The van der Waals surface area contributed by atoms with Crippen LogP contribution in [-0.4, -0.2) is 77.7 Å². The van der Waals surface area contributed by atoms with Crippen LogP contribution in [0.1, 0.15) is 20.3 Å². The summed E-state index contributed by atoms with van der Waals surface area (Å²) < 4.78 is 0. The molecule has 2 amide bonds. The zero-order valence-corrected chi connectivity index (χ0v) is 14.2. The molecule has 7 heteroatoms. The third kappa shape index (κ3) is 6.13. The van der Waals surface area contributed by atoms with Crippen molar-refractivity contribution in [2.75, 3.05) is 38.7 Å². The lowest BCUT2D eigenvalue weighted by molar-refractivity contribution is -0.141. The van der Waals surface area contributed by atoms with Crippen molar-refractivity contribution in [2.24, 2.45) is 5.92 Å².